The molecule has 7 heteroatoms. The molecular weight excluding hydrogens is 420 g/mol. The average Bonchev–Trinajstić information content (AvgIpc) is 3.34. The maximum absolute atomic E-state index is 13.3. The van der Waals surface area contributed by atoms with E-state index in [1.165, 1.54) is 18.2 Å². The third-order valence-electron chi connectivity index (χ3n) is 6.24. The average molecular weight is 447 g/mol. The van der Waals surface area contributed by atoms with Crippen molar-refractivity contribution >= 4 is 34.3 Å². The van der Waals surface area contributed by atoms with Crippen LogP contribution in [-0.2, 0) is 4.79 Å². The van der Waals surface area contributed by atoms with Crippen molar-refractivity contribution in [3.05, 3.63) is 70.5 Å². The predicted molar refractivity (Wildman–Crippen MR) is 128 cm³/mol. The SMILES string of the molecule is O=C(CSc1nc2ccccc2c(=O)n1C1CCCCC1)N1CCC(c2ccccc2)=N1. The minimum Gasteiger partial charge on any atom is -0.284 e. The number of hydrazone groups is 1. The summed E-state index contributed by atoms with van der Waals surface area (Å²) in [6.45, 7) is 0.588. The van der Waals surface area contributed by atoms with Gasteiger partial charge in [-0.15, -0.1) is 0 Å². The second kappa shape index (κ2) is 9.28. The number of aromatic nitrogens is 2. The summed E-state index contributed by atoms with van der Waals surface area (Å²) in [6.07, 6.45) is 6.18. The van der Waals surface area contributed by atoms with Gasteiger partial charge in [-0.3, -0.25) is 14.2 Å². The van der Waals surface area contributed by atoms with Crippen molar-refractivity contribution in [1.29, 1.82) is 0 Å². The van der Waals surface area contributed by atoms with Crippen molar-refractivity contribution in [2.75, 3.05) is 12.3 Å². The maximum atomic E-state index is 13.3. The van der Waals surface area contributed by atoms with Gasteiger partial charge in [0.1, 0.15) is 0 Å². The van der Waals surface area contributed by atoms with E-state index in [4.69, 9.17) is 4.98 Å². The molecular formula is C25H26N4O2S. The number of rotatable bonds is 5. The van der Waals surface area contributed by atoms with Gasteiger partial charge in [0.25, 0.3) is 11.5 Å². The Bertz CT molecular complexity index is 1220. The maximum Gasteiger partial charge on any atom is 0.262 e. The zero-order valence-corrected chi connectivity index (χ0v) is 18.8. The van der Waals surface area contributed by atoms with E-state index in [2.05, 4.69) is 5.10 Å². The fourth-order valence-corrected chi connectivity index (χ4v) is 5.50. The van der Waals surface area contributed by atoms with E-state index in [1.54, 1.807) is 5.01 Å². The molecule has 0 atom stereocenters. The van der Waals surface area contributed by atoms with Gasteiger partial charge in [-0.05, 0) is 30.5 Å². The number of fused-ring (bicyclic) bond motifs is 1. The van der Waals surface area contributed by atoms with Crippen molar-refractivity contribution in [1.82, 2.24) is 14.6 Å². The van der Waals surface area contributed by atoms with Crippen LogP contribution in [0.25, 0.3) is 10.9 Å². The quantitative estimate of drug-likeness (QED) is 0.423. The number of hydrogen-bond donors (Lipinski definition) is 0. The summed E-state index contributed by atoms with van der Waals surface area (Å²) in [6, 6.07) is 17.6. The number of carbonyl (C=O) groups is 1. The van der Waals surface area contributed by atoms with Crippen molar-refractivity contribution in [3.8, 4) is 0 Å². The summed E-state index contributed by atoms with van der Waals surface area (Å²) in [4.78, 5) is 31.0. The second-order valence-electron chi connectivity index (χ2n) is 8.35. The molecule has 3 aromatic rings. The molecule has 1 amide bonds. The largest absolute Gasteiger partial charge is 0.284 e. The zero-order valence-electron chi connectivity index (χ0n) is 17.9. The topological polar surface area (TPSA) is 67.6 Å². The monoisotopic (exact) mass is 446 g/mol. The first-order valence-electron chi connectivity index (χ1n) is 11.3. The lowest BCUT2D eigenvalue weighted by molar-refractivity contribution is -0.127. The number of benzene rings is 2. The van der Waals surface area contributed by atoms with Gasteiger partial charge in [0.15, 0.2) is 5.16 Å². The molecule has 0 spiro atoms. The number of para-hydroxylation sites is 1. The zero-order chi connectivity index (χ0) is 21.9. The Morgan fingerprint density at radius 2 is 1.75 bits per heavy atom. The molecule has 1 aromatic heterocycles. The minimum absolute atomic E-state index is 0.00278. The molecule has 6 nitrogen and oxygen atoms in total. The van der Waals surface area contributed by atoms with Crippen LogP contribution >= 0.6 is 11.8 Å². The van der Waals surface area contributed by atoms with Crippen molar-refractivity contribution in [2.45, 2.75) is 49.7 Å². The molecule has 0 unspecified atom stereocenters. The molecule has 2 aromatic carbocycles. The number of hydrogen-bond acceptors (Lipinski definition) is 5. The Hall–Kier alpha value is -2.93. The third-order valence-corrected chi connectivity index (χ3v) is 7.17. The molecule has 0 radical (unpaired) electrons. The lowest BCUT2D eigenvalue weighted by atomic mass is 9.95. The normalized spacial score (nSPS) is 17.0. The number of nitrogens with zero attached hydrogens (tertiary/aromatic N) is 4. The molecule has 2 aliphatic rings. The van der Waals surface area contributed by atoms with Crippen molar-refractivity contribution in [2.24, 2.45) is 5.10 Å². The van der Waals surface area contributed by atoms with Crippen molar-refractivity contribution in [3.63, 3.8) is 0 Å². The highest BCUT2D eigenvalue weighted by Crippen LogP contribution is 2.31. The Labute approximate surface area is 191 Å². The van der Waals surface area contributed by atoms with Gasteiger partial charge >= 0.3 is 0 Å². The fourth-order valence-electron chi connectivity index (χ4n) is 4.56. The summed E-state index contributed by atoms with van der Waals surface area (Å²) in [7, 11) is 0. The summed E-state index contributed by atoms with van der Waals surface area (Å²) < 4.78 is 1.85. The number of thioether (sulfide) groups is 1. The highest BCUT2D eigenvalue weighted by molar-refractivity contribution is 7.99. The summed E-state index contributed by atoms with van der Waals surface area (Å²) >= 11 is 1.35. The third kappa shape index (κ3) is 4.21. The van der Waals surface area contributed by atoms with E-state index in [1.807, 2.05) is 59.2 Å². The van der Waals surface area contributed by atoms with Gasteiger partial charge in [-0.1, -0.05) is 73.5 Å². The summed E-state index contributed by atoms with van der Waals surface area (Å²) in [5.74, 6) is 0.154. The van der Waals surface area contributed by atoms with Crippen LogP contribution in [0.15, 0.2) is 69.6 Å². The molecule has 0 saturated heterocycles. The Kier molecular flexibility index (Phi) is 6.08. The molecule has 1 aliphatic heterocycles. The van der Waals surface area contributed by atoms with E-state index >= 15 is 0 Å². The van der Waals surface area contributed by atoms with Crippen molar-refractivity contribution < 1.29 is 4.79 Å². The molecule has 32 heavy (non-hydrogen) atoms. The van der Waals surface area contributed by atoms with E-state index in [0.29, 0.717) is 22.6 Å². The highest BCUT2D eigenvalue weighted by Gasteiger charge is 2.25. The summed E-state index contributed by atoms with van der Waals surface area (Å²) in [5, 5.41) is 7.39. The minimum atomic E-state index is -0.0569. The van der Waals surface area contributed by atoms with Crippen LogP contribution in [-0.4, -0.2) is 38.5 Å². The Morgan fingerprint density at radius 3 is 2.56 bits per heavy atom. The van der Waals surface area contributed by atoms with E-state index < -0.39 is 0 Å². The van der Waals surface area contributed by atoms with Gasteiger partial charge in [0, 0.05) is 12.5 Å². The number of amides is 1. The standard InChI is InChI=1S/C25H26N4O2S/c30-23(28-16-15-21(27-28)18-9-3-1-4-10-18)17-32-25-26-22-14-8-7-13-20(22)24(31)29(25)19-11-5-2-6-12-19/h1,3-4,7-10,13-14,19H,2,5-6,11-12,15-17H2. The van der Waals surface area contributed by atoms with E-state index in [9.17, 15) is 9.59 Å². The lowest BCUT2D eigenvalue weighted by Gasteiger charge is -2.26. The van der Waals surface area contributed by atoms with Gasteiger partial charge in [0.2, 0.25) is 0 Å². The van der Waals surface area contributed by atoms with Crippen LogP contribution in [0.3, 0.4) is 0 Å². The van der Waals surface area contributed by atoms with Crippen LogP contribution in [0.5, 0.6) is 0 Å². The fraction of sp³-hybridized carbons (Fsp3) is 0.360. The van der Waals surface area contributed by atoms with E-state index in [-0.39, 0.29) is 23.3 Å². The van der Waals surface area contributed by atoms with Gasteiger partial charge in [0.05, 0.1) is 28.9 Å². The predicted octanol–water partition coefficient (Wildman–Crippen LogP) is 4.63. The molecule has 1 aliphatic carbocycles. The first-order chi connectivity index (χ1) is 15.7. The van der Waals surface area contributed by atoms with Gasteiger partial charge in [-0.2, -0.15) is 5.10 Å². The first-order valence-corrected chi connectivity index (χ1v) is 12.3. The molecule has 1 saturated carbocycles. The Morgan fingerprint density at radius 1 is 1.00 bits per heavy atom. The van der Waals surface area contributed by atoms with Crippen LogP contribution < -0.4 is 5.56 Å². The van der Waals surface area contributed by atoms with Crippen LogP contribution in [0.4, 0.5) is 0 Å². The number of carbonyl (C=O) groups excluding carboxylic acids is 1. The second-order valence-corrected chi connectivity index (χ2v) is 9.29. The van der Waals surface area contributed by atoms with Gasteiger partial charge < -0.3 is 0 Å². The van der Waals surface area contributed by atoms with E-state index in [0.717, 1.165) is 43.4 Å². The Balaban J connectivity index is 1.38. The first kappa shape index (κ1) is 20.9. The molecule has 1 fully saturated rings. The molecule has 5 rings (SSSR count). The van der Waals surface area contributed by atoms with Crippen LogP contribution in [0.2, 0.25) is 0 Å². The lowest BCUT2D eigenvalue weighted by Crippen LogP contribution is -2.30. The van der Waals surface area contributed by atoms with Crippen LogP contribution in [0, 0.1) is 0 Å². The molecule has 164 valence electrons. The molecule has 0 N–H and O–H groups in total. The highest BCUT2D eigenvalue weighted by atomic mass is 32.2. The smallest absolute Gasteiger partial charge is 0.262 e. The van der Waals surface area contributed by atoms with Gasteiger partial charge in [-0.25, -0.2) is 9.99 Å². The molecule has 2 heterocycles. The van der Waals surface area contributed by atoms with Crippen LogP contribution in [0.1, 0.15) is 50.1 Å². The molecule has 0 bridgehead atoms. The summed E-state index contributed by atoms with van der Waals surface area (Å²) in [5.41, 5.74) is 2.68.